The average molecular weight is 264 g/mol. The van der Waals surface area contributed by atoms with Crippen LogP contribution >= 0.6 is 34.5 Å². The molecule has 2 heterocycles. The number of rotatable bonds is 2. The molecule has 2 rings (SSSR count). The number of anilines is 1. The number of aromatic nitrogens is 2. The van der Waals surface area contributed by atoms with E-state index in [0.717, 1.165) is 9.70 Å². The standard InChI is InChI=1S/C8H7Cl2N3OS/c1-3(14)11-5-2-4-6(15-5)7(9)13-8(10)12-4/h2-3,11,14H,1H3. The number of aliphatic hydroxyl groups is 1. The van der Waals surface area contributed by atoms with Gasteiger partial charge in [0.15, 0.2) is 5.15 Å². The Kier molecular flexibility index (Phi) is 2.97. The second kappa shape index (κ2) is 4.09. The molecule has 15 heavy (non-hydrogen) atoms. The van der Waals surface area contributed by atoms with Gasteiger partial charge in [0.2, 0.25) is 5.28 Å². The van der Waals surface area contributed by atoms with Crippen molar-refractivity contribution in [3.05, 3.63) is 16.5 Å². The van der Waals surface area contributed by atoms with E-state index < -0.39 is 6.23 Å². The van der Waals surface area contributed by atoms with Crippen LogP contribution in [0.25, 0.3) is 10.2 Å². The lowest BCUT2D eigenvalue weighted by atomic mass is 10.4. The monoisotopic (exact) mass is 263 g/mol. The predicted molar refractivity (Wildman–Crippen MR) is 62.7 cm³/mol. The molecule has 0 radical (unpaired) electrons. The molecule has 2 N–H and O–H groups in total. The molecule has 0 fully saturated rings. The summed E-state index contributed by atoms with van der Waals surface area (Å²) in [7, 11) is 0. The number of hydrogen-bond donors (Lipinski definition) is 2. The zero-order valence-electron chi connectivity index (χ0n) is 7.66. The molecule has 1 unspecified atom stereocenters. The number of aliphatic hydroxyl groups excluding tert-OH is 1. The van der Waals surface area contributed by atoms with Crippen LogP contribution in [0.4, 0.5) is 5.00 Å². The number of nitrogens with one attached hydrogen (secondary N) is 1. The highest BCUT2D eigenvalue weighted by atomic mass is 35.5. The molecule has 0 aliphatic rings. The zero-order valence-corrected chi connectivity index (χ0v) is 9.99. The van der Waals surface area contributed by atoms with Crippen molar-refractivity contribution in [1.29, 1.82) is 0 Å². The first-order chi connectivity index (χ1) is 7.06. The van der Waals surface area contributed by atoms with Gasteiger partial charge in [-0.15, -0.1) is 11.3 Å². The molecular weight excluding hydrogens is 257 g/mol. The first kappa shape index (κ1) is 10.9. The first-order valence-corrected chi connectivity index (χ1v) is 5.70. The maximum Gasteiger partial charge on any atom is 0.224 e. The maximum atomic E-state index is 9.16. The van der Waals surface area contributed by atoms with Crippen molar-refractivity contribution in [1.82, 2.24) is 9.97 Å². The van der Waals surface area contributed by atoms with Gasteiger partial charge in [-0.2, -0.15) is 0 Å². The lowest BCUT2D eigenvalue weighted by Crippen LogP contribution is -2.11. The molecule has 0 amide bonds. The van der Waals surface area contributed by atoms with E-state index in [1.807, 2.05) is 0 Å². The lowest BCUT2D eigenvalue weighted by molar-refractivity contribution is 0.225. The van der Waals surface area contributed by atoms with Crippen molar-refractivity contribution in [2.45, 2.75) is 13.2 Å². The third-order valence-corrected chi connectivity index (χ3v) is 3.27. The zero-order chi connectivity index (χ0) is 11.0. The minimum Gasteiger partial charge on any atom is -0.374 e. The van der Waals surface area contributed by atoms with Crippen LogP contribution in [0.2, 0.25) is 10.4 Å². The molecule has 4 nitrogen and oxygen atoms in total. The highest BCUT2D eigenvalue weighted by molar-refractivity contribution is 7.23. The van der Waals surface area contributed by atoms with E-state index >= 15 is 0 Å². The van der Waals surface area contributed by atoms with Crippen LogP contribution in [0.5, 0.6) is 0 Å². The van der Waals surface area contributed by atoms with Gasteiger partial charge in [0.1, 0.15) is 6.23 Å². The minimum absolute atomic E-state index is 0.119. The molecule has 0 aliphatic heterocycles. The number of halogens is 2. The van der Waals surface area contributed by atoms with Crippen LogP contribution in [0.1, 0.15) is 6.92 Å². The van der Waals surface area contributed by atoms with Gasteiger partial charge in [-0.3, -0.25) is 0 Å². The Labute approximate surface area is 99.9 Å². The van der Waals surface area contributed by atoms with Crippen molar-refractivity contribution in [2.75, 3.05) is 5.32 Å². The van der Waals surface area contributed by atoms with Crippen molar-refractivity contribution in [3.8, 4) is 0 Å². The molecule has 0 aliphatic carbocycles. The second-order valence-corrected chi connectivity index (χ2v) is 4.68. The highest BCUT2D eigenvalue weighted by Crippen LogP contribution is 2.33. The van der Waals surface area contributed by atoms with E-state index in [4.69, 9.17) is 28.3 Å². The Morgan fingerprint density at radius 3 is 2.87 bits per heavy atom. The van der Waals surface area contributed by atoms with E-state index in [1.165, 1.54) is 11.3 Å². The van der Waals surface area contributed by atoms with Gasteiger partial charge in [-0.05, 0) is 24.6 Å². The first-order valence-electron chi connectivity index (χ1n) is 4.13. The predicted octanol–water partition coefficient (Wildman–Crippen LogP) is 2.75. The molecule has 1 atom stereocenters. The van der Waals surface area contributed by atoms with Gasteiger partial charge >= 0.3 is 0 Å². The maximum absolute atomic E-state index is 9.16. The Balaban J connectivity index is 2.50. The van der Waals surface area contributed by atoms with Gasteiger partial charge < -0.3 is 10.4 Å². The van der Waals surface area contributed by atoms with Crippen molar-refractivity contribution in [2.24, 2.45) is 0 Å². The molecule has 2 aromatic heterocycles. The molecule has 0 saturated heterocycles. The molecule has 0 bridgehead atoms. The largest absolute Gasteiger partial charge is 0.374 e. The summed E-state index contributed by atoms with van der Waals surface area (Å²) < 4.78 is 0.754. The minimum atomic E-state index is -0.625. The average Bonchev–Trinajstić information content (AvgIpc) is 2.45. The molecular formula is C8H7Cl2N3OS. The van der Waals surface area contributed by atoms with E-state index in [2.05, 4.69) is 15.3 Å². The normalized spacial score (nSPS) is 13.1. The van der Waals surface area contributed by atoms with Gasteiger partial charge in [-0.25, -0.2) is 9.97 Å². The summed E-state index contributed by atoms with van der Waals surface area (Å²) in [5.41, 5.74) is 0.674. The topological polar surface area (TPSA) is 58.0 Å². The summed E-state index contributed by atoms with van der Waals surface area (Å²) in [6, 6.07) is 1.77. The van der Waals surface area contributed by atoms with Crippen LogP contribution in [0.3, 0.4) is 0 Å². The van der Waals surface area contributed by atoms with Crippen molar-refractivity contribution in [3.63, 3.8) is 0 Å². The van der Waals surface area contributed by atoms with Gasteiger partial charge in [-0.1, -0.05) is 11.6 Å². The summed E-state index contributed by atoms with van der Waals surface area (Å²) in [6.45, 7) is 1.63. The fourth-order valence-corrected chi connectivity index (χ4v) is 2.62. The molecule has 7 heteroatoms. The van der Waals surface area contributed by atoms with Gasteiger partial charge in [0, 0.05) is 0 Å². The third-order valence-electron chi connectivity index (χ3n) is 1.65. The summed E-state index contributed by atoms with van der Waals surface area (Å²) >= 11 is 12.9. The van der Waals surface area contributed by atoms with Crippen LogP contribution in [0.15, 0.2) is 6.07 Å². The van der Waals surface area contributed by atoms with Crippen molar-refractivity contribution < 1.29 is 5.11 Å². The number of nitrogens with zero attached hydrogens (tertiary/aromatic N) is 2. The SMILES string of the molecule is CC(O)Nc1cc2nc(Cl)nc(Cl)c2s1. The summed E-state index contributed by atoms with van der Waals surface area (Å²) in [4.78, 5) is 7.86. The fraction of sp³-hybridized carbons (Fsp3) is 0.250. The van der Waals surface area contributed by atoms with Crippen LogP contribution < -0.4 is 5.32 Å². The summed E-state index contributed by atoms with van der Waals surface area (Å²) in [5.74, 6) is 0. The summed E-state index contributed by atoms with van der Waals surface area (Å²) in [5, 5.41) is 13.2. The molecule has 80 valence electrons. The van der Waals surface area contributed by atoms with Crippen LogP contribution in [0, 0.1) is 0 Å². The molecule has 0 spiro atoms. The van der Waals surface area contributed by atoms with Crippen molar-refractivity contribution >= 4 is 49.8 Å². The Morgan fingerprint density at radius 2 is 2.20 bits per heavy atom. The smallest absolute Gasteiger partial charge is 0.224 e. The number of fused-ring (bicyclic) bond motifs is 1. The molecule has 0 aromatic carbocycles. The quantitative estimate of drug-likeness (QED) is 0.497. The van der Waals surface area contributed by atoms with E-state index in [-0.39, 0.29) is 5.28 Å². The third kappa shape index (κ3) is 2.31. The highest BCUT2D eigenvalue weighted by Gasteiger charge is 2.10. The fourth-order valence-electron chi connectivity index (χ4n) is 1.15. The van der Waals surface area contributed by atoms with E-state index in [9.17, 15) is 0 Å². The van der Waals surface area contributed by atoms with Crippen LogP contribution in [-0.4, -0.2) is 21.3 Å². The number of hydrogen-bond acceptors (Lipinski definition) is 5. The Morgan fingerprint density at radius 1 is 1.47 bits per heavy atom. The molecule has 0 saturated carbocycles. The van der Waals surface area contributed by atoms with E-state index in [0.29, 0.717) is 10.7 Å². The van der Waals surface area contributed by atoms with Gasteiger partial charge in [0.05, 0.1) is 15.2 Å². The van der Waals surface area contributed by atoms with Gasteiger partial charge in [0.25, 0.3) is 0 Å². The van der Waals surface area contributed by atoms with Crippen LogP contribution in [-0.2, 0) is 0 Å². The Bertz CT molecular complexity index is 500. The Hall–Kier alpha value is -0.620. The molecule has 2 aromatic rings. The lowest BCUT2D eigenvalue weighted by Gasteiger charge is -2.04. The summed E-state index contributed by atoms with van der Waals surface area (Å²) in [6.07, 6.45) is -0.625. The second-order valence-electron chi connectivity index (χ2n) is 2.93. The van der Waals surface area contributed by atoms with E-state index in [1.54, 1.807) is 13.0 Å². The number of thiophene rings is 1.